The molecule has 0 aliphatic rings. The number of carbonyl (C=O) groups excluding carboxylic acids is 1. The largest absolute Gasteiger partial charge is 0.347 e. The number of hydrogen-bond acceptors (Lipinski definition) is 4. The summed E-state index contributed by atoms with van der Waals surface area (Å²) in [5, 5.41) is 10.7. The molecule has 140 valence electrons. The average molecular weight is 392 g/mol. The van der Waals surface area contributed by atoms with Gasteiger partial charge in [0.1, 0.15) is 10.8 Å². The maximum Gasteiger partial charge on any atom is 0.272 e. The number of halogens is 1. The Bertz CT molecular complexity index is 1100. The molecule has 0 saturated heterocycles. The second-order valence-electron chi connectivity index (χ2n) is 6.28. The van der Waals surface area contributed by atoms with E-state index in [1.807, 2.05) is 37.3 Å². The van der Waals surface area contributed by atoms with Crippen molar-refractivity contribution in [3.63, 3.8) is 0 Å². The van der Waals surface area contributed by atoms with E-state index in [2.05, 4.69) is 20.5 Å². The van der Waals surface area contributed by atoms with Gasteiger partial charge in [-0.25, -0.2) is 9.37 Å². The summed E-state index contributed by atoms with van der Waals surface area (Å²) in [7, 11) is 0. The van der Waals surface area contributed by atoms with Crippen LogP contribution in [0.3, 0.4) is 0 Å². The van der Waals surface area contributed by atoms with E-state index in [4.69, 9.17) is 0 Å². The van der Waals surface area contributed by atoms with Crippen molar-refractivity contribution in [1.29, 1.82) is 0 Å². The highest BCUT2D eigenvalue weighted by molar-refractivity contribution is 7.18. The molecule has 0 bridgehead atoms. The fraction of sp³-hybridized carbons (Fsp3) is 0.0952. The van der Waals surface area contributed by atoms with Gasteiger partial charge in [0.2, 0.25) is 0 Å². The monoisotopic (exact) mass is 392 g/mol. The molecule has 0 aliphatic heterocycles. The van der Waals surface area contributed by atoms with E-state index in [-0.39, 0.29) is 11.7 Å². The number of nitrogens with one attached hydrogen (secondary N) is 2. The van der Waals surface area contributed by atoms with Crippen molar-refractivity contribution < 1.29 is 9.18 Å². The van der Waals surface area contributed by atoms with Crippen LogP contribution in [-0.2, 0) is 6.54 Å². The van der Waals surface area contributed by atoms with Gasteiger partial charge in [0.25, 0.3) is 5.91 Å². The standard InChI is InChI=1S/C21H17FN4OS/c1-13-19(28-21(24-13)15-7-9-16(22)10-8-15)17-11-18(26-25-17)20(27)23-12-14-5-3-2-4-6-14/h2-11H,12H2,1H3,(H,23,27)(H,25,26). The van der Waals surface area contributed by atoms with Gasteiger partial charge in [0.05, 0.1) is 16.3 Å². The van der Waals surface area contributed by atoms with Crippen LogP contribution >= 0.6 is 11.3 Å². The molecule has 2 aromatic heterocycles. The van der Waals surface area contributed by atoms with Crippen LogP contribution in [0.15, 0.2) is 60.7 Å². The molecule has 1 amide bonds. The quantitative estimate of drug-likeness (QED) is 0.522. The molecule has 2 heterocycles. The number of rotatable bonds is 5. The van der Waals surface area contributed by atoms with Gasteiger partial charge in [-0.3, -0.25) is 9.89 Å². The molecule has 2 N–H and O–H groups in total. The number of amides is 1. The molecule has 5 nitrogen and oxygen atoms in total. The van der Waals surface area contributed by atoms with Gasteiger partial charge in [0.15, 0.2) is 5.69 Å². The molecule has 0 aliphatic carbocycles. The van der Waals surface area contributed by atoms with E-state index in [1.54, 1.807) is 18.2 Å². The van der Waals surface area contributed by atoms with Crippen molar-refractivity contribution >= 4 is 17.2 Å². The van der Waals surface area contributed by atoms with Crippen molar-refractivity contribution in [2.24, 2.45) is 0 Å². The molecule has 2 aromatic carbocycles. The molecule has 0 unspecified atom stereocenters. The Hall–Kier alpha value is -3.32. The summed E-state index contributed by atoms with van der Waals surface area (Å²) < 4.78 is 13.1. The highest BCUT2D eigenvalue weighted by Crippen LogP contribution is 2.34. The molecule has 0 saturated carbocycles. The Morgan fingerprint density at radius 1 is 1.14 bits per heavy atom. The number of aromatic nitrogens is 3. The molecule has 0 fully saturated rings. The summed E-state index contributed by atoms with van der Waals surface area (Å²) in [6.45, 7) is 2.34. The van der Waals surface area contributed by atoms with Crippen LogP contribution in [-0.4, -0.2) is 21.1 Å². The van der Waals surface area contributed by atoms with Crippen LogP contribution in [0.2, 0.25) is 0 Å². The van der Waals surface area contributed by atoms with Gasteiger partial charge in [0, 0.05) is 12.1 Å². The summed E-state index contributed by atoms with van der Waals surface area (Å²) >= 11 is 1.47. The number of hydrogen-bond donors (Lipinski definition) is 2. The minimum Gasteiger partial charge on any atom is -0.347 e. The smallest absolute Gasteiger partial charge is 0.272 e. The molecule has 0 atom stereocenters. The van der Waals surface area contributed by atoms with Crippen molar-refractivity contribution in [2.45, 2.75) is 13.5 Å². The fourth-order valence-electron chi connectivity index (χ4n) is 2.79. The van der Waals surface area contributed by atoms with Gasteiger partial charge in [-0.1, -0.05) is 30.3 Å². The molecule has 0 spiro atoms. The number of aromatic amines is 1. The van der Waals surface area contributed by atoms with Crippen LogP contribution in [0.25, 0.3) is 21.1 Å². The van der Waals surface area contributed by atoms with Crippen molar-refractivity contribution in [2.75, 3.05) is 0 Å². The normalized spacial score (nSPS) is 10.8. The van der Waals surface area contributed by atoms with E-state index >= 15 is 0 Å². The van der Waals surface area contributed by atoms with Crippen LogP contribution < -0.4 is 5.32 Å². The number of carbonyl (C=O) groups is 1. The number of thiazole rings is 1. The third-order valence-electron chi connectivity index (χ3n) is 4.24. The first kappa shape index (κ1) is 18.1. The van der Waals surface area contributed by atoms with E-state index in [1.165, 1.54) is 23.5 Å². The Labute approximate surface area is 165 Å². The number of H-pyrrole nitrogens is 1. The lowest BCUT2D eigenvalue weighted by molar-refractivity contribution is 0.0946. The Kier molecular flexibility index (Phi) is 4.99. The van der Waals surface area contributed by atoms with E-state index in [0.29, 0.717) is 12.2 Å². The molecule has 0 radical (unpaired) electrons. The third kappa shape index (κ3) is 3.84. The molecule has 4 rings (SSSR count). The zero-order chi connectivity index (χ0) is 19.5. The predicted molar refractivity (Wildman–Crippen MR) is 107 cm³/mol. The van der Waals surface area contributed by atoms with Crippen LogP contribution in [0.4, 0.5) is 4.39 Å². The SMILES string of the molecule is Cc1nc(-c2ccc(F)cc2)sc1-c1cc(C(=O)NCc2ccccc2)n[nH]1. The Balaban J connectivity index is 1.51. The molecule has 4 aromatic rings. The van der Waals surface area contributed by atoms with Gasteiger partial charge < -0.3 is 5.32 Å². The number of nitrogens with zero attached hydrogens (tertiary/aromatic N) is 2. The lowest BCUT2D eigenvalue weighted by atomic mass is 10.2. The second-order valence-corrected chi connectivity index (χ2v) is 7.27. The van der Waals surface area contributed by atoms with Gasteiger partial charge in [-0.05, 0) is 42.8 Å². The molecular formula is C21H17FN4OS. The topological polar surface area (TPSA) is 70.7 Å². The highest BCUT2D eigenvalue weighted by Gasteiger charge is 2.16. The first-order valence-electron chi connectivity index (χ1n) is 8.71. The van der Waals surface area contributed by atoms with E-state index in [0.717, 1.165) is 32.4 Å². The summed E-state index contributed by atoms with van der Waals surface area (Å²) in [5.41, 5.74) is 3.74. The van der Waals surface area contributed by atoms with Crippen LogP contribution in [0.1, 0.15) is 21.7 Å². The van der Waals surface area contributed by atoms with Gasteiger partial charge in [-0.2, -0.15) is 5.10 Å². The summed E-state index contributed by atoms with van der Waals surface area (Å²) in [6.07, 6.45) is 0. The zero-order valence-corrected chi connectivity index (χ0v) is 15.9. The fourth-order valence-corrected chi connectivity index (χ4v) is 3.82. The summed E-state index contributed by atoms with van der Waals surface area (Å²) in [4.78, 5) is 17.8. The Morgan fingerprint density at radius 2 is 1.89 bits per heavy atom. The minimum absolute atomic E-state index is 0.243. The minimum atomic E-state index is -0.281. The predicted octanol–water partition coefficient (Wildman–Crippen LogP) is 4.58. The second kappa shape index (κ2) is 7.74. The summed E-state index contributed by atoms with van der Waals surface area (Å²) in [6, 6.07) is 17.6. The molecule has 28 heavy (non-hydrogen) atoms. The lowest BCUT2D eigenvalue weighted by Gasteiger charge is -2.02. The average Bonchev–Trinajstić information content (AvgIpc) is 3.34. The van der Waals surface area contributed by atoms with Gasteiger partial charge >= 0.3 is 0 Å². The zero-order valence-electron chi connectivity index (χ0n) is 15.1. The highest BCUT2D eigenvalue weighted by atomic mass is 32.1. The van der Waals surface area contributed by atoms with Crippen molar-refractivity contribution in [1.82, 2.24) is 20.5 Å². The van der Waals surface area contributed by atoms with E-state index in [9.17, 15) is 9.18 Å². The van der Waals surface area contributed by atoms with E-state index < -0.39 is 0 Å². The van der Waals surface area contributed by atoms with Gasteiger partial charge in [-0.15, -0.1) is 11.3 Å². The Morgan fingerprint density at radius 3 is 2.64 bits per heavy atom. The number of aryl methyl sites for hydroxylation is 1. The first-order valence-corrected chi connectivity index (χ1v) is 9.53. The first-order chi connectivity index (χ1) is 13.6. The van der Waals surface area contributed by atoms with Crippen LogP contribution in [0.5, 0.6) is 0 Å². The maximum absolute atomic E-state index is 13.1. The van der Waals surface area contributed by atoms with Crippen LogP contribution in [0, 0.1) is 12.7 Å². The van der Waals surface area contributed by atoms with Crippen molar-refractivity contribution in [3.05, 3.63) is 83.4 Å². The summed E-state index contributed by atoms with van der Waals surface area (Å²) in [5.74, 6) is -0.524. The maximum atomic E-state index is 13.1. The van der Waals surface area contributed by atoms with Crippen molar-refractivity contribution in [3.8, 4) is 21.1 Å². The molecule has 7 heteroatoms. The third-order valence-corrected chi connectivity index (χ3v) is 5.48. The lowest BCUT2D eigenvalue weighted by Crippen LogP contribution is -2.23. The molecular weight excluding hydrogens is 375 g/mol. The number of benzene rings is 2.